The Hall–Kier alpha value is -11.6. The van der Waals surface area contributed by atoms with E-state index in [1.807, 2.05) is 0 Å². The number of amides is 9. The molecule has 3 aromatic rings. The second-order valence-electron chi connectivity index (χ2n) is 34.1. The largest absolute Gasteiger partial charge is 0.508 e. The zero-order valence-corrected chi connectivity index (χ0v) is 74.5. The summed E-state index contributed by atoms with van der Waals surface area (Å²) >= 11 is 0. The lowest BCUT2D eigenvalue weighted by molar-refractivity contribution is -0.143. The Morgan fingerprint density at radius 1 is 0.442 bits per heavy atom. The minimum Gasteiger partial charge on any atom is -0.508 e. The molecule has 1 fully saturated rings. The van der Waals surface area contributed by atoms with Crippen LogP contribution in [0.15, 0.2) is 78.9 Å². The van der Waals surface area contributed by atoms with Gasteiger partial charge in [0.25, 0.3) is 0 Å². The number of carbonyl (C=O) groups excluding carboxylic acids is 16. The lowest BCUT2D eigenvalue weighted by Crippen LogP contribution is -2.52. The van der Waals surface area contributed by atoms with Gasteiger partial charge >= 0.3 is 17.9 Å². The Morgan fingerprint density at radius 2 is 0.907 bits per heavy atom. The zero-order chi connectivity index (χ0) is 96.5. The molecule has 0 unspecified atom stereocenters. The number of benzene rings is 3. The van der Waals surface area contributed by atoms with Gasteiger partial charge in [-0.25, -0.2) is 0 Å². The molecule has 129 heavy (non-hydrogen) atoms. The summed E-state index contributed by atoms with van der Waals surface area (Å²) in [7, 11) is 0. The number of carboxylic acid groups (broad SMARTS) is 3. The summed E-state index contributed by atoms with van der Waals surface area (Å²) in [5.74, 6) is -30.7. The topological polar surface area (TPSA) is 632 Å². The molecule has 38 nitrogen and oxygen atoms in total. The van der Waals surface area contributed by atoms with Crippen molar-refractivity contribution in [3.05, 3.63) is 95.6 Å². The van der Waals surface area contributed by atoms with Crippen LogP contribution in [-0.2, 0) is 110 Å². The minimum atomic E-state index is -1.99. The van der Waals surface area contributed by atoms with Crippen LogP contribution in [0.4, 0.5) is 0 Å². The van der Waals surface area contributed by atoms with Crippen LogP contribution < -0.4 is 48.3 Å². The summed E-state index contributed by atoms with van der Waals surface area (Å²) < 4.78 is 0. The first-order chi connectivity index (χ1) is 60.9. The van der Waals surface area contributed by atoms with Crippen LogP contribution in [0, 0.1) is 53.3 Å². The number of nitrogens with one attached hydrogen (secondary N) is 8. The fourth-order valence-electron chi connectivity index (χ4n) is 14.9. The fourth-order valence-corrected chi connectivity index (χ4v) is 14.9. The Morgan fingerprint density at radius 3 is 1.42 bits per heavy atom. The van der Waals surface area contributed by atoms with E-state index in [9.17, 15) is 137 Å². The number of nitrogens with two attached hydrogens (primary N) is 1. The molecule has 19 N–H and O–H groups in total. The van der Waals surface area contributed by atoms with Crippen molar-refractivity contribution < 1.29 is 137 Å². The molecule has 1 heterocycles. The number of aliphatic carboxylic acids is 3. The molecular weight excluding hydrogens is 1680 g/mol. The highest BCUT2D eigenvalue weighted by Crippen LogP contribution is 2.27. The first kappa shape index (κ1) is 110. The molecule has 0 radical (unpaired) electrons. The van der Waals surface area contributed by atoms with Crippen LogP contribution >= 0.6 is 0 Å². The van der Waals surface area contributed by atoms with Gasteiger partial charge in [-0.05, 0) is 145 Å². The van der Waals surface area contributed by atoms with Gasteiger partial charge in [0.05, 0.1) is 111 Å². The van der Waals surface area contributed by atoms with Gasteiger partial charge in [-0.3, -0.25) is 91.1 Å². The first-order valence-corrected chi connectivity index (χ1v) is 43.8. The number of aliphatic hydroxyl groups excluding tert-OH is 4. The molecule has 0 bridgehead atoms. The molecule has 0 spiro atoms. The van der Waals surface area contributed by atoms with Crippen LogP contribution in [0.2, 0.25) is 0 Å². The Labute approximate surface area is 749 Å². The highest BCUT2D eigenvalue weighted by atomic mass is 16.4. The number of phenolic OH excluding ortho intramolecular Hbond substituents is 2. The van der Waals surface area contributed by atoms with Crippen LogP contribution in [0.5, 0.6) is 11.5 Å². The van der Waals surface area contributed by atoms with Crippen molar-refractivity contribution in [1.29, 1.82) is 0 Å². The number of hydrogen-bond acceptors (Lipinski definition) is 26. The summed E-state index contributed by atoms with van der Waals surface area (Å²) in [4.78, 5) is 261. The third-order valence-corrected chi connectivity index (χ3v) is 22.8. The number of piperidine rings is 1. The number of Topliss-reactive ketones (excluding diaryl/α,β-unsaturated/α-hetero) is 7. The summed E-state index contributed by atoms with van der Waals surface area (Å²) in [6, 6.07) is 9.23. The van der Waals surface area contributed by atoms with Crippen LogP contribution in [0.25, 0.3) is 0 Å². The van der Waals surface area contributed by atoms with E-state index >= 15 is 0 Å². The molecule has 17 atom stereocenters. The number of likely N-dealkylation sites (tertiary alicyclic amines) is 1. The molecule has 9 amide bonds. The van der Waals surface area contributed by atoms with E-state index in [2.05, 4.69) is 42.5 Å². The normalized spacial score (nSPS) is 16.0. The van der Waals surface area contributed by atoms with E-state index in [4.69, 9.17) is 5.73 Å². The van der Waals surface area contributed by atoms with Crippen molar-refractivity contribution in [3.63, 3.8) is 0 Å². The molecule has 38 heteroatoms. The third kappa shape index (κ3) is 39.5. The molecule has 1 saturated heterocycles. The van der Waals surface area contributed by atoms with Crippen LogP contribution in [0.3, 0.4) is 0 Å². The number of unbranched alkanes of at least 4 members (excludes halogenated alkanes) is 1. The molecular formula is C91H130N10O28. The van der Waals surface area contributed by atoms with Crippen LogP contribution in [-0.4, -0.2) is 256 Å². The van der Waals surface area contributed by atoms with E-state index in [0.29, 0.717) is 56.3 Å². The quantitative estimate of drug-likeness (QED) is 0.0356. The average molecular weight is 1810 g/mol. The third-order valence-electron chi connectivity index (χ3n) is 22.8. The average Bonchev–Trinajstić information content (AvgIpc) is 0.839. The van der Waals surface area contributed by atoms with E-state index in [-0.39, 0.29) is 80.0 Å². The van der Waals surface area contributed by atoms with E-state index < -0.39 is 292 Å². The molecule has 712 valence electrons. The van der Waals surface area contributed by atoms with E-state index in [1.165, 1.54) is 60.4 Å². The molecule has 0 aromatic heterocycles. The fraction of sp³-hybridized carbons (Fsp3) is 0.593. The standard InChI is InChI=1S/C91H130N10O28/c1-9-51(4)84(78(114)40-60(34-57-21-26-64(106)27-22-57)87(125)96-69(33-50(2)3)74(110)38-61(42-82(119)120)86(124)94-52(5)17-13-15-31-92)100-89(127)63(48-102)41-75(111)70(36-58-23-28-65(107)29-24-58)97-88(126)62(43-83(121)122)39-76(112)72(49-103)99-91(129)68(55(8)105)45-77(113)71(35-56-18-11-10-12-19-56)98-90(128)67(54(7)104)44-66(108)46-93-85(123)59(25-30-81(117)118)37-73(109)53(6)95-79(115)47-101-32-16-14-20-80(101)116/h10-12,18-19,21-24,26-29,50-55,59-63,67-72,84,102-107H,9,13-17,20,25,30-49,92H2,1-8H3,(H,93,123)(H,94,124)(H,95,115)(H,96,125)(H,97,126)(H,98,128)(H,99,129)(H,100,127)(H,117,118)(H,119,120)(H,121,122)/t51-,52+,53+,54+,55+,59+,60+,61-,62-,63-,67-,68-,69-,70-,71-,72-,84-/m0/s1. The maximum Gasteiger partial charge on any atom is 0.304 e. The van der Waals surface area contributed by atoms with Crippen molar-refractivity contribution in [2.75, 3.05) is 39.4 Å². The second kappa shape index (κ2) is 56.0. The smallest absolute Gasteiger partial charge is 0.304 e. The molecule has 3 aromatic carbocycles. The number of ketones is 7. The highest BCUT2D eigenvalue weighted by molar-refractivity contribution is 6.01. The molecule has 4 rings (SSSR count). The number of phenols is 2. The lowest BCUT2D eigenvalue weighted by Gasteiger charge is -2.28. The van der Waals surface area contributed by atoms with Gasteiger partial charge in [0.2, 0.25) is 53.2 Å². The van der Waals surface area contributed by atoms with Gasteiger partial charge in [-0.15, -0.1) is 0 Å². The second-order valence-corrected chi connectivity index (χ2v) is 34.1. The maximum atomic E-state index is 14.8. The van der Waals surface area contributed by atoms with E-state index in [0.717, 1.165) is 13.8 Å². The predicted octanol–water partition coefficient (Wildman–Crippen LogP) is 1.50. The van der Waals surface area contributed by atoms with Gasteiger partial charge < -0.3 is 99.1 Å². The number of nitrogens with zero attached hydrogens (tertiary/aromatic N) is 1. The van der Waals surface area contributed by atoms with Gasteiger partial charge in [0.15, 0.2) is 40.5 Å². The maximum absolute atomic E-state index is 14.8. The number of aromatic hydroxyl groups is 2. The summed E-state index contributed by atoms with van der Waals surface area (Å²) in [6.07, 6.45) is -8.77. The number of hydrogen-bond donors (Lipinski definition) is 18. The Kier molecular flexibility index (Phi) is 47.6. The van der Waals surface area contributed by atoms with Crippen molar-refractivity contribution >= 4 is 112 Å². The number of rotatable bonds is 63. The predicted molar refractivity (Wildman–Crippen MR) is 465 cm³/mol. The van der Waals surface area contributed by atoms with Crippen LogP contribution in [0.1, 0.15) is 194 Å². The summed E-state index contributed by atoms with van der Waals surface area (Å²) in [6.45, 7) is 9.50. The van der Waals surface area contributed by atoms with Crippen molar-refractivity contribution in [2.45, 2.75) is 251 Å². The van der Waals surface area contributed by atoms with Gasteiger partial charge in [0.1, 0.15) is 17.5 Å². The number of carbonyl (C=O) groups is 19. The molecule has 0 saturated carbocycles. The summed E-state index contributed by atoms with van der Waals surface area (Å²) in [5.41, 5.74) is 6.77. The van der Waals surface area contributed by atoms with E-state index in [1.54, 1.807) is 65.0 Å². The molecule has 0 aliphatic carbocycles. The minimum absolute atomic E-state index is 0.0249. The monoisotopic (exact) mass is 1810 g/mol. The molecule has 1 aliphatic heterocycles. The number of carboxylic acids is 3. The Bertz CT molecular complexity index is 4310. The summed E-state index contributed by atoms with van der Waals surface area (Å²) in [5, 5.41) is 113. The lowest BCUT2D eigenvalue weighted by atomic mass is 9.85. The Balaban J connectivity index is 1.55. The SMILES string of the molecule is CC[C@H](C)[C@H](NC(=O)[C@H](CO)CC(=O)[C@H](Cc1ccc(O)cc1)NC(=O)[C@H](CC(=O)O)CC(=O)[C@H](CO)NC(=O)[C@@H](CC(=O)[C@H](Cc1ccccc1)NC(=O)[C@@H](CC(=O)CNC(=O)[C@H](CCC(=O)O)CC(=O)[C@@H](C)NC(=O)CN1CCCCC1=O)[C@@H](C)O)[C@@H](C)O)C(=O)C[C@@H](Cc1ccc(O)cc1)C(=O)N[C@@H](CC(C)C)C(=O)C[C@@H](CC(=O)O)C(=O)N[C@H](C)CCCCN. The van der Waals surface area contributed by atoms with Gasteiger partial charge in [-0.1, -0.05) is 95.1 Å². The van der Waals surface area contributed by atoms with Crippen molar-refractivity contribution in [2.24, 2.45) is 59.0 Å². The molecule has 1 aliphatic rings. The van der Waals surface area contributed by atoms with Gasteiger partial charge in [0, 0.05) is 82.2 Å². The first-order valence-electron chi connectivity index (χ1n) is 43.8. The number of aliphatic hydroxyl groups is 4. The van der Waals surface area contributed by atoms with Gasteiger partial charge in [-0.2, -0.15) is 0 Å². The van der Waals surface area contributed by atoms with Crippen molar-refractivity contribution in [1.82, 2.24) is 47.4 Å². The zero-order valence-electron chi connectivity index (χ0n) is 74.5. The highest BCUT2D eigenvalue weighted by Gasteiger charge is 2.41. The van der Waals surface area contributed by atoms with Crippen molar-refractivity contribution in [3.8, 4) is 11.5 Å².